The number of halogens is 5. The average molecular weight is 396 g/mol. The fourth-order valence-corrected chi connectivity index (χ4v) is 2.48. The highest BCUT2D eigenvalue weighted by atomic mass is 35.5. The van der Waals surface area contributed by atoms with Crippen molar-refractivity contribution in [3.8, 4) is 0 Å². The smallest absolute Gasteiger partial charge is 0.282 e. The first-order chi connectivity index (χ1) is 12.2. The van der Waals surface area contributed by atoms with Crippen LogP contribution in [0, 0.1) is 6.92 Å². The molecular weight excluding hydrogens is 378 g/mol. The van der Waals surface area contributed by atoms with Gasteiger partial charge in [-0.15, -0.1) is 0 Å². The lowest BCUT2D eigenvalue weighted by Crippen LogP contribution is -2.33. The third-order valence-electron chi connectivity index (χ3n) is 3.73. The highest BCUT2D eigenvalue weighted by Crippen LogP contribution is 2.27. The number of nitrogens with zero attached hydrogens (tertiary/aromatic N) is 4. The van der Waals surface area contributed by atoms with Crippen molar-refractivity contribution in [2.75, 3.05) is 6.54 Å². The van der Waals surface area contributed by atoms with Crippen molar-refractivity contribution < 1.29 is 22.4 Å². The molecule has 0 aromatic carbocycles. The predicted molar refractivity (Wildman–Crippen MR) is 86.5 cm³/mol. The normalized spacial score (nSPS) is 12.8. The minimum Gasteiger partial charge on any atom is -0.354 e. The Kier molecular flexibility index (Phi) is 6.63. The topological polar surface area (TPSA) is 64.7 Å². The number of hydrogen-bond acceptors (Lipinski definition) is 3. The average Bonchev–Trinajstić information content (AvgIpc) is 3.15. The van der Waals surface area contributed by atoms with Crippen LogP contribution in [0.4, 0.5) is 17.6 Å². The molecule has 0 saturated heterocycles. The van der Waals surface area contributed by atoms with Crippen LogP contribution in [0.5, 0.6) is 0 Å². The second kappa shape index (κ2) is 8.52. The van der Waals surface area contributed by atoms with Crippen LogP contribution >= 0.6 is 11.6 Å². The number of carbonyl (C=O) groups is 1. The number of aromatic nitrogens is 4. The molecule has 0 aliphatic carbocycles. The van der Waals surface area contributed by atoms with Crippen molar-refractivity contribution in [3.63, 3.8) is 0 Å². The molecule has 0 spiro atoms. The van der Waals surface area contributed by atoms with Gasteiger partial charge in [0.2, 0.25) is 5.91 Å². The van der Waals surface area contributed by atoms with Gasteiger partial charge in [0.1, 0.15) is 17.4 Å². The number of carbonyl (C=O) groups excluding carboxylic acids is 1. The summed E-state index contributed by atoms with van der Waals surface area (Å²) < 4.78 is 53.6. The summed E-state index contributed by atoms with van der Waals surface area (Å²) in [6.45, 7) is 3.84. The lowest BCUT2D eigenvalue weighted by Gasteiger charge is -2.15. The first-order valence-corrected chi connectivity index (χ1v) is 8.21. The largest absolute Gasteiger partial charge is 0.354 e. The van der Waals surface area contributed by atoms with Gasteiger partial charge in [0.25, 0.3) is 12.9 Å². The zero-order valence-corrected chi connectivity index (χ0v) is 14.9. The van der Waals surface area contributed by atoms with E-state index in [0.29, 0.717) is 34.4 Å². The zero-order chi connectivity index (χ0) is 19.4. The van der Waals surface area contributed by atoms with Crippen LogP contribution in [0.3, 0.4) is 0 Å². The van der Waals surface area contributed by atoms with Gasteiger partial charge in [0.05, 0.1) is 10.7 Å². The van der Waals surface area contributed by atoms with Crippen LogP contribution in [-0.4, -0.2) is 32.0 Å². The molecule has 0 bridgehead atoms. The van der Waals surface area contributed by atoms with E-state index in [1.165, 1.54) is 6.92 Å². The van der Waals surface area contributed by atoms with Gasteiger partial charge >= 0.3 is 0 Å². The van der Waals surface area contributed by atoms with E-state index in [1.807, 2.05) is 0 Å². The van der Waals surface area contributed by atoms with E-state index < -0.39 is 36.2 Å². The molecule has 6 nitrogen and oxygen atoms in total. The Morgan fingerprint density at radius 1 is 1.27 bits per heavy atom. The lowest BCUT2D eigenvalue weighted by atomic mass is 10.3. The molecule has 0 radical (unpaired) electrons. The quantitative estimate of drug-likeness (QED) is 0.547. The molecule has 0 aliphatic rings. The maximum absolute atomic E-state index is 13.0. The van der Waals surface area contributed by atoms with Crippen LogP contribution in [0.2, 0.25) is 5.02 Å². The number of nitrogens with one attached hydrogen (secondary N) is 1. The molecule has 1 atom stereocenters. The molecule has 2 rings (SSSR count). The maximum atomic E-state index is 13.0. The summed E-state index contributed by atoms with van der Waals surface area (Å²) in [5, 5.41) is 10.7. The fourth-order valence-electron chi connectivity index (χ4n) is 2.33. The summed E-state index contributed by atoms with van der Waals surface area (Å²) in [7, 11) is 0. The van der Waals surface area contributed by atoms with E-state index >= 15 is 0 Å². The van der Waals surface area contributed by atoms with Crippen molar-refractivity contribution >= 4 is 17.5 Å². The molecule has 144 valence electrons. The van der Waals surface area contributed by atoms with Crippen molar-refractivity contribution in [2.24, 2.45) is 0 Å². The molecular formula is C15H18ClF4N5O. The third-order valence-corrected chi connectivity index (χ3v) is 4.10. The van der Waals surface area contributed by atoms with Crippen molar-refractivity contribution in [1.29, 1.82) is 0 Å². The van der Waals surface area contributed by atoms with Crippen LogP contribution in [-0.2, 0) is 11.3 Å². The van der Waals surface area contributed by atoms with Gasteiger partial charge in [-0.2, -0.15) is 10.2 Å². The monoisotopic (exact) mass is 395 g/mol. The summed E-state index contributed by atoms with van der Waals surface area (Å²) in [5.74, 6) is -0.592. The van der Waals surface area contributed by atoms with Gasteiger partial charge in [-0.1, -0.05) is 11.6 Å². The molecule has 0 saturated carbocycles. The number of hydrogen-bond donors (Lipinski definition) is 1. The number of aryl methyl sites for hydroxylation is 2. The summed E-state index contributed by atoms with van der Waals surface area (Å²) in [4.78, 5) is 12.1. The second-order valence-electron chi connectivity index (χ2n) is 5.69. The summed E-state index contributed by atoms with van der Waals surface area (Å²) in [6.07, 6.45) is -3.82. The molecule has 0 aliphatic heterocycles. The van der Waals surface area contributed by atoms with Gasteiger partial charge in [-0.25, -0.2) is 17.6 Å². The Morgan fingerprint density at radius 3 is 2.50 bits per heavy atom. The van der Waals surface area contributed by atoms with Crippen molar-refractivity contribution in [2.45, 2.75) is 45.7 Å². The predicted octanol–water partition coefficient (Wildman–Crippen LogP) is 3.68. The van der Waals surface area contributed by atoms with Gasteiger partial charge in [0, 0.05) is 19.3 Å². The molecule has 26 heavy (non-hydrogen) atoms. The van der Waals surface area contributed by atoms with Gasteiger partial charge in [-0.05, 0) is 26.3 Å². The lowest BCUT2D eigenvalue weighted by molar-refractivity contribution is -0.124. The van der Waals surface area contributed by atoms with Crippen LogP contribution < -0.4 is 5.32 Å². The summed E-state index contributed by atoms with van der Waals surface area (Å²) in [5.41, 5.74) is -0.812. The highest BCUT2D eigenvalue weighted by Gasteiger charge is 2.26. The zero-order valence-electron chi connectivity index (χ0n) is 14.1. The fraction of sp³-hybridized carbons (Fsp3) is 0.533. The number of amides is 1. The molecule has 2 aromatic heterocycles. The molecule has 1 amide bonds. The number of alkyl halides is 4. The highest BCUT2D eigenvalue weighted by molar-refractivity contribution is 6.31. The minimum absolute atomic E-state index is 0.257. The molecule has 2 heterocycles. The Bertz CT molecular complexity index is 742. The van der Waals surface area contributed by atoms with E-state index in [4.69, 9.17) is 11.6 Å². The van der Waals surface area contributed by atoms with Gasteiger partial charge < -0.3 is 5.32 Å². The van der Waals surface area contributed by atoms with Crippen LogP contribution in [0.25, 0.3) is 0 Å². The van der Waals surface area contributed by atoms with Gasteiger partial charge in [-0.3, -0.25) is 14.2 Å². The Balaban J connectivity index is 1.92. The van der Waals surface area contributed by atoms with E-state index in [-0.39, 0.29) is 6.54 Å². The third kappa shape index (κ3) is 4.75. The molecule has 1 N–H and O–H groups in total. The van der Waals surface area contributed by atoms with E-state index in [0.717, 1.165) is 0 Å². The van der Waals surface area contributed by atoms with E-state index in [1.54, 1.807) is 17.8 Å². The SMILES string of the molecule is Cc1nn(CCCNC(=O)C(C)n2nc(C(F)F)cc2C(F)F)cc1Cl. The van der Waals surface area contributed by atoms with Gasteiger partial charge in [0.15, 0.2) is 0 Å². The first-order valence-electron chi connectivity index (χ1n) is 7.83. The summed E-state index contributed by atoms with van der Waals surface area (Å²) in [6, 6.07) is -0.531. The Hall–Kier alpha value is -2.10. The van der Waals surface area contributed by atoms with Crippen LogP contribution in [0.15, 0.2) is 12.3 Å². The molecule has 2 aromatic rings. The standard InChI is InChI=1S/C15H18ClF4N5O/c1-8-10(16)7-24(22-8)5-3-4-21-15(26)9(2)25-12(14(19)20)6-11(23-25)13(17)18/h6-7,9,13-14H,3-5H2,1-2H3,(H,21,26). The Labute approximate surface area is 152 Å². The molecule has 0 fully saturated rings. The number of rotatable bonds is 8. The Morgan fingerprint density at radius 2 is 1.96 bits per heavy atom. The molecule has 11 heteroatoms. The van der Waals surface area contributed by atoms with Crippen molar-refractivity contribution in [3.05, 3.63) is 34.4 Å². The first kappa shape index (κ1) is 20.2. The van der Waals surface area contributed by atoms with Crippen molar-refractivity contribution in [1.82, 2.24) is 24.9 Å². The second-order valence-corrected chi connectivity index (χ2v) is 6.09. The minimum atomic E-state index is -3.02. The van der Waals surface area contributed by atoms with E-state index in [9.17, 15) is 22.4 Å². The van der Waals surface area contributed by atoms with Crippen LogP contribution in [0.1, 0.15) is 49.3 Å². The summed E-state index contributed by atoms with van der Waals surface area (Å²) >= 11 is 5.89. The maximum Gasteiger partial charge on any atom is 0.282 e. The molecule has 1 unspecified atom stereocenters. The van der Waals surface area contributed by atoms with E-state index in [2.05, 4.69) is 15.5 Å².